The Balaban J connectivity index is 1.67. The molecule has 19 heavy (non-hydrogen) atoms. The SMILES string of the molecule is O=C(Oc1ccc(C2OCCO2)cc1)c1ccco1. The summed E-state index contributed by atoms with van der Waals surface area (Å²) in [4.78, 5) is 11.7. The molecule has 0 atom stereocenters. The predicted octanol–water partition coefficient (Wildman–Crippen LogP) is 2.54. The number of rotatable bonds is 3. The molecule has 0 N–H and O–H groups in total. The van der Waals surface area contributed by atoms with Crippen LogP contribution in [0.4, 0.5) is 0 Å². The molecule has 0 amide bonds. The van der Waals surface area contributed by atoms with Crippen molar-refractivity contribution in [3.63, 3.8) is 0 Å². The number of hydrogen-bond acceptors (Lipinski definition) is 5. The summed E-state index contributed by atoms with van der Waals surface area (Å²) in [5, 5.41) is 0. The van der Waals surface area contributed by atoms with Crippen molar-refractivity contribution in [3.05, 3.63) is 54.0 Å². The van der Waals surface area contributed by atoms with E-state index in [-0.39, 0.29) is 12.1 Å². The van der Waals surface area contributed by atoms with Crippen molar-refractivity contribution in [2.75, 3.05) is 13.2 Å². The Morgan fingerprint density at radius 1 is 1.11 bits per heavy atom. The molecule has 0 aliphatic carbocycles. The van der Waals surface area contributed by atoms with E-state index in [0.29, 0.717) is 19.0 Å². The summed E-state index contributed by atoms with van der Waals surface area (Å²) < 4.78 is 20.9. The van der Waals surface area contributed by atoms with Gasteiger partial charge in [0.25, 0.3) is 0 Å². The van der Waals surface area contributed by atoms with E-state index in [2.05, 4.69) is 0 Å². The lowest BCUT2D eigenvalue weighted by atomic mass is 10.2. The highest BCUT2D eigenvalue weighted by molar-refractivity contribution is 5.88. The zero-order valence-corrected chi connectivity index (χ0v) is 10.1. The predicted molar refractivity (Wildman–Crippen MR) is 64.8 cm³/mol. The first-order valence-electron chi connectivity index (χ1n) is 5.92. The molecule has 1 fully saturated rings. The highest BCUT2D eigenvalue weighted by Gasteiger charge is 2.18. The van der Waals surface area contributed by atoms with Crippen LogP contribution in [-0.2, 0) is 9.47 Å². The van der Waals surface area contributed by atoms with Gasteiger partial charge in [0.05, 0.1) is 19.5 Å². The molecule has 1 saturated heterocycles. The normalized spacial score (nSPS) is 15.6. The monoisotopic (exact) mass is 260 g/mol. The number of ether oxygens (including phenoxy) is 3. The van der Waals surface area contributed by atoms with Crippen LogP contribution in [0.1, 0.15) is 22.4 Å². The van der Waals surface area contributed by atoms with E-state index in [1.165, 1.54) is 6.26 Å². The fraction of sp³-hybridized carbons (Fsp3) is 0.214. The largest absolute Gasteiger partial charge is 0.457 e. The maximum Gasteiger partial charge on any atom is 0.379 e. The van der Waals surface area contributed by atoms with Crippen LogP contribution in [0.3, 0.4) is 0 Å². The van der Waals surface area contributed by atoms with Gasteiger partial charge in [-0.3, -0.25) is 0 Å². The van der Waals surface area contributed by atoms with E-state index in [4.69, 9.17) is 18.6 Å². The van der Waals surface area contributed by atoms with Gasteiger partial charge in [0.2, 0.25) is 5.76 Å². The van der Waals surface area contributed by atoms with Gasteiger partial charge in [0, 0.05) is 5.56 Å². The molecule has 2 heterocycles. The Morgan fingerprint density at radius 2 is 1.84 bits per heavy atom. The number of benzene rings is 1. The first-order valence-corrected chi connectivity index (χ1v) is 5.92. The third kappa shape index (κ3) is 2.67. The lowest BCUT2D eigenvalue weighted by molar-refractivity contribution is -0.0441. The zero-order chi connectivity index (χ0) is 13.1. The second-order valence-corrected chi connectivity index (χ2v) is 4.01. The fourth-order valence-corrected chi connectivity index (χ4v) is 1.80. The number of esters is 1. The molecule has 1 aliphatic rings. The van der Waals surface area contributed by atoms with Crippen molar-refractivity contribution in [2.24, 2.45) is 0 Å². The van der Waals surface area contributed by atoms with E-state index in [0.717, 1.165) is 5.56 Å². The first kappa shape index (κ1) is 12.0. The van der Waals surface area contributed by atoms with Crippen LogP contribution >= 0.6 is 0 Å². The van der Waals surface area contributed by atoms with Gasteiger partial charge in [-0.15, -0.1) is 0 Å². The fourth-order valence-electron chi connectivity index (χ4n) is 1.80. The van der Waals surface area contributed by atoms with Crippen LogP contribution in [0, 0.1) is 0 Å². The maximum absolute atomic E-state index is 11.7. The molecule has 0 spiro atoms. The molecule has 98 valence electrons. The van der Waals surface area contributed by atoms with Crippen LogP contribution in [0.25, 0.3) is 0 Å². The van der Waals surface area contributed by atoms with Crippen LogP contribution in [0.5, 0.6) is 5.75 Å². The minimum atomic E-state index is -0.522. The second kappa shape index (κ2) is 5.26. The van der Waals surface area contributed by atoms with Crippen molar-refractivity contribution >= 4 is 5.97 Å². The van der Waals surface area contributed by atoms with Gasteiger partial charge in [-0.25, -0.2) is 4.79 Å². The number of carbonyl (C=O) groups excluding carboxylic acids is 1. The molecule has 1 aliphatic heterocycles. The molecule has 0 saturated carbocycles. The molecule has 2 aromatic rings. The van der Waals surface area contributed by atoms with E-state index in [1.807, 2.05) is 0 Å². The average molecular weight is 260 g/mol. The highest BCUT2D eigenvalue weighted by Crippen LogP contribution is 2.25. The molecule has 5 heteroatoms. The molecule has 5 nitrogen and oxygen atoms in total. The van der Waals surface area contributed by atoms with Gasteiger partial charge < -0.3 is 18.6 Å². The van der Waals surface area contributed by atoms with Crippen molar-refractivity contribution in [1.29, 1.82) is 0 Å². The van der Waals surface area contributed by atoms with Crippen LogP contribution in [0.2, 0.25) is 0 Å². The van der Waals surface area contributed by atoms with Crippen molar-refractivity contribution in [1.82, 2.24) is 0 Å². The second-order valence-electron chi connectivity index (χ2n) is 4.01. The Hall–Kier alpha value is -2.11. The van der Waals surface area contributed by atoms with Gasteiger partial charge in [0.1, 0.15) is 5.75 Å². The Kier molecular flexibility index (Phi) is 3.31. The minimum Gasteiger partial charge on any atom is -0.457 e. The molecule has 1 aromatic heterocycles. The smallest absolute Gasteiger partial charge is 0.379 e. The van der Waals surface area contributed by atoms with E-state index in [1.54, 1.807) is 36.4 Å². The quantitative estimate of drug-likeness (QED) is 0.627. The van der Waals surface area contributed by atoms with Crippen molar-refractivity contribution < 1.29 is 23.4 Å². The van der Waals surface area contributed by atoms with E-state index >= 15 is 0 Å². The summed E-state index contributed by atoms with van der Waals surface area (Å²) in [6.45, 7) is 1.19. The Labute approximate surface area is 109 Å². The summed E-state index contributed by atoms with van der Waals surface area (Å²) in [6, 6.07) is 10.2. The van der Waals surface area contributed by atoms with Crippen LogP contribution in [-0.4, -0.2) is 19.2 Å². The molecule has 3 rings (SSSR count). The van der Waals surface area contributed by atoms with Gasteiger partial charge in [-0.2, -0.15) is 0 Å². The lowest BCUT2D eigenvalue weighted by Crippen LogP contribution is -2.07. The lowest BCUT2D eigenvalue weighted by Gasteiger charge is -2.09. The topological polar surface area (TPSA) is 57.9 Å². The first-order chi connectivity index (χ1) is 9.33. The summed E-state index contributed by atoms with van der Waals surface area (Å²) in [5.41, 5.74) is 0.898. The van der Waals surface area contributed by atoms with Gasteiger partial charge >= 0.3 is 5.97 Å². The van der Waals surface area contributed by atoms with Crippen molar-refractivity contribution in [2.45, 2.75) is 6.29 Å². The number of hydrogen-bond donors (Lipinski definition) is 0. The Morgan fingerprint density at radius 3 is 2.47 bits per heavy atom. The third-order valence-corrected chi connectivity index (χ3v) is 2.71. The summed E-state index contributed by atoms with van der Waals surface area (Å²) in [7, 11) is 0. The maximum atomic E-state index is 11.7. The van der Waals surface area contributed by atoms with Gasteiger partial charge in [-0.05, 0) is 24.3 Å². The standard InChI is InChI=1S/C14H12O5/c15-13(12-2-1-7-16-12)19-11-5-3-10(4-6-11)14-17-8-9-18-14/h1-7,14H,8-9H2. The number of furan rings is 1. The van der Waals surface area contributed by atoms with Crippen LogP contribution in [0.15, 0.2) is 47.1 Å². The molecule has 0 radical (unpaired) electrons. The van der Waals surface area contributed by atoms with Crippen LogP contribution < -0.4 is 4.74 Å². The third-order valence-electron chi connectivity index (χ3n) is 2.71. The molecular formula is C14H12O5. The highest BCUT2D eigenvalue weighted by atomic mass is 16.7. The van der Waals surface area contributed by atoms with E-state index in [9.17, 15) is 4.79 Å². The molecule has 0 bridgehead atoms. The summed E-state index contributed by atoms with van der Waals surface area (Å²) in [5.74, 6) is 0.0980. The van der Waals surface area contributed by atoms with Crippen molar-refractivity contribution in [3.8, 4) is 5.75 Å². The minimum absolute atomic E-state index is 0.173. The molecular weight excluding hydrogens is 248 g/mol. The Bertz CT molecular complexity index is 538. The number of carbonyl (C=O) groups is 1. The van der Waals surface area contributed by atoms with Gasteiger partial charge in [0.15, 0.2) is 6.29 Å². The summed E-state index contributed by atoms with van der Waals surface area (Å²) in [6.07, 6.45) is 1.10. The molecule has 0 unspecified atom stereocenters. The molecule has 1 aromatic carbocycles. The van der Waals surface area contributed by atoms with Gasteiger partial charge in [-0.1, -0.05) is 12.1 Å². The summed E-state index contributed by atoms with van der Waals surface area (Å²) >= 11 is 0. The van der Waals surface area contributed by atoms with E-state index < -0.39 is 5.97 Å². The zero-order valence-electron chi connectivity index (χ0n) is 10.1. The average Bonchev–Trinajstić information content (AvgIpc) is 3.13.